The molecule has 1 saturated heterocycles. The molecule has 10 heteroatoms. The standard InChI is InChI=1S/C23H25ClN4O5/c1-2-32-22(30)19-17(25-23(31)26-20(19)15-5-3-6-16(24)13-15)14-27-8-10-28(11-9-27)21(29)18-7-4-12-33-18/h3-7,12-13,20H,2,8-11,14H2,1H3,(H2,25,26,31)/t20-/m0/s1. The molecule has 9 nitrogen and oxygen atoms in total. The van der Waals surface area contributed by atoms with Gasteiger partial charge in [-0.15, -0.1) is 0 Å². The number of benzene rings is 1. The average molecular weight is 473 g/mol. The first kappa shape index (κ1) is 22.9. The Kier molecular flexibility index (Phi) is 7.00. The van der Waals surface area contributed by atoms with Gasteiger partial charge in [0.15, 0.2) is 5.76 Å². The molecule has 1 atom stereocenters. The van der Waals surface area contributed by atoms with Gasteiger partial charge in [0.05, 0.1) is 24.5 Å². The normalized spacial score (nSPS) is 19.2. The summed E-state index contributed by atoms with van der Waals surface area (Å²) in [5.74, 6) is -0.343. The van der Waals surface area contributed by atoms with Crippen molar-refractivity contribution in [2.45, 2.75) is 13.0 Å². The molecule has 2 N–H and O–H groups in total. The van der Waals surface area contributed by atoms with E-state index in [0.717, 1.165) is 0 Å². The Morgan fingerprint density at radius 2 is 1.97 bits per heavy atom. The fourth-order valence-corrected chi connectivity index (χ4v) is 4.22. The summed E-state index contributed by atoms with van der Waals surface area (Å²) in [4.78, 5) is 41.7. The van der Waals surface area contributed by atoms with E-state index >= 15 is 0 Å². The molecule has 2 aromatic rings. The fourth-order valence-electron chi connectivity index (χ4n) is 4.02. The second-order valence-corrected chi connectivity index (χ2v) is 8.18. The van der Waals surface area contributed by atoms with Crippen LogP contribution < -0.4 is 10.6 Å². The number of furan rings is 1. The molecule has 0 aliphatic carbocycles. The molecule has 3 amide bonds. The SMILES string of the molecule is CCOC(=O)C1=C(CN2CCN(C(=O)c3ccco3)CC2)NC(=O)N[C@H]1c1cccc(Cl)c1. The topological polar surface area (TPSA) is 104 Å². The van der Waals surface area contributed by atoms with Crippen LogP contribution in [0.15, 0.2) is 58.3 Å². The molecular weight excluding hydrogens is 448 g/mol. The van der Waals surface area contributed by atoms with Crippen molar-refractivity contribution in [3.63, 3.8) is 0 Å². The molecule has 0 bridgehead atoms. The molecule has 1 aromatic heterocycles. The first-order valence-corrected chi connectivity index (χ1v) is 11.1. The lowest BCUT2D eigenvalue weighted by atomic mass is 9.95. The van der Waals surface area contributed by atoms with Gasteiger partial charge in [0.2, 0.25) is 0 Å². The summed E-state index contributed by atoms with van der Waals surface area (Å²) in [5, 5.41) is 6.09. The maximum absolute atomic E-state index is 12.9. The number of ether oxygens (including phenoxy) is 1. The summed E-state index contributed by atoms with van der Waals surface area (Å²) >= 11 is 6.15. The van der Waals surface area contributed by atoms with Crippen LogP contribution in [0.2, 0.25) is 5.02 Å². The smallest absolute Gasteiger partial charge is 0.338 e. The van der Waals surface area contributed by atoms with Crippen LogP contribution in [0.1, 0.15) is 29.1 Å². The molecule has 0 saturated carbocycles. The Hall–Kier alpha value is -3.30. The van der Waals surface area contributed by atoms with Gasteiger partial charge in [-0.1, -0.05) is 23.7 Å². The van der Waals surface area contributed by atoms with Crippen molar-refractivity contribution in [2.24, 2.45) is 0 Å². The Labute approximate surface area is 196 Å². The van der Waals surface area contributed by atoms with E-state index in [0.29, 0.717) is 60.3 Å². The van der Waals surface area contributed by atoms with Gasteiger partial charge in [0.1, 0.15) is 0 Å². The van der Waals surface area contributed by atoms with Gasteiger partial charge in [0.25, 0.3) is 5.91 Å². The second kappa shape index (κ2) is 10.1. The van der Waals surface area contributed by atoms with E-state index in [-0.39, 0.29) is 12.5 Å². The van der Waals surface area contributed by atoms with Gasteiger partial charge >= 0.3 is 12.0 Å². The van der Waals surface area contributed by atoms with Gasteiger partial charge in [-0.3, -0.25) is 9.69 Å². The Morgan fingerprint density at radius 1 is 1.18 bits per heavy atom. The third-order valence-corrected chi connectivity index (χ3v) is 5.84. The Balaban J connectivity index is 1.54. The maximum Gasteiger partial charge on any atom is 0.338 e. The van der Waals surface area contributed by atoms with Gasteiger partial charge in [0, 0.05) is 43.4 Å². The highest BCUT2D eigenvalue weighted by atomic mass is 35.5. The third-order valence-electron chi connectivity index (χ3n) is 5.60. The van der Waals surface area contributed by atoms with E-state index in [1.54, 1.807) is 48.2 Å². The number of hydrogen-bond acceptors (Lipinski definition) is 6. The number of carbonyl (C=O) groups excluding carboxylic acids is 3. The molecule has 3 heterocycles. The van der Waals surface area contributed by atoms with Crippen molar-refractivity contribution in [3.8, 4) is 0 Å². The van der Waals surface area contributed by atoms with Crippen LogP contribution in [0.25, 0.3) is 0 Å². The van der Waals surface area contributed by atoms with Crippen molar-refractivity contribution in [1.29, 1.82) is 0 Å². The number of amides is 3. The first-order valence-electron chi connectivity index (χ1n) is 10.7. The molecule has 4 rings (SSSR count). The average Bonchev–Trinajstić information content (AvgIpc) is 3.34. The van der Waals surface area contributed by atoms with Crippen molar-refractivity contribution in [1.82, 2.24) is 20.4 Å². The van der Waals surface area contributed by atoms with E-state index in [1.165, 1.54) is 6.26 Å². The van der Waals surface area contributed by atoms with Crippen LogP contribution in [-0.4, -0.2) is 67.0 Å². The van der Waals surface area contributed by atoms with Crippen LogP contribution in [0.3, 0.4) is 0 Å². The van der Waals surface area contributed by atoms with Gasteiger partial charge < -0.3 is 24.7 Å². The highest BCUT2D eigenvalue weighted by molar-refractivity contribution is 6.30. The predicted molar refractivity (Wildman–Crippen MR) is 121 cm³/mol. The lowest BCUT2D eigenvalue weighted by Gasteiger charge is -2.36. The first-order chi connectivity index (χ1) is 16.0. The number of rotatable bonds is 6. The zero-order valence-electron chi connectivity index (χ0n) is 18.2. The van der Waals surface area contributed by atoms with Crippen LogP contribution in [-0.2, 0) is 9.53 Å². The third kappa shape index (κ3) is 5.20. The molecular formula is C23H25ClN4O5. The van der Waals surface area contributed by atoms with Crippen LogP contribution in [0.5, 0.6) is 0 Å². The number of carbonyl (C=O) groups is 3. The number of hydrogen-bond donors (Lipinski definition) is 2. The van der Waals surface area contributed by atoms with Crippen molar-refractivity contribution in [3.05, 3.63) is 70.3 Å². The van der Waals surface area contributed by atoms with E-state index in [1.807, 2.05) is 0 Å². The van der Waals surface area contributed by atoms with Gasteiger partial charge in [-0.2, -0.15) is 0 Å². The summed E-state index contributed by atoms with van der Waals surface area (Å²) in [6.07, 6.45) is 1.48. The zero-order valence-corrected chi connectivity index (χ0v) is 18.9. The Morgan fingerprint density at radius 3 is 2.64 bits per heavy atom. The number of esters is 1. The van der Waals surface area contributed by atoms with E-state index in [2.05, 4.69) is 15.5 Å². The number of nitrogens with one attached hydrogen (secondary N) is 2. The van der Waals surface area contributed by atoms with E-state index in [4.69, 9.17) is 20.8 Å². The highest BCUT2D eigenvalue weighted by Crippen LogP contribution is 2.29. The van der Waals surface area contributed by atoms with E-state index in [9.17, 15) is 14.4 Å². The summed E-state index contributed by atoms with van der Waals surface area (Å²) in [5.41, 5.74) is 1.51. The molecule has 174 valence electrons. The largest absolute Gasteiger partial charge is 0.463 e. The minimum Gasteiger partial charge on any atom is -0.463 e. The number of halogens is 1. The molecule has 33 heavy (non-hydrogen) atoms. The molecule has 0 radical (unpaired) electrons. The van der Waals surface area contributed by atoms with Crippen molar-refractivity contribution in [2.75, 3.05) is 39.3 Å². The molecule has 1 fully saturated rings. The minimum absolute atomic E-state index is 0.151. The summed E-state index contributed by atoms with van der Waals surface area (Å²) in [6.45, 7) is 4.45. The molecule has 0 unspecified atom stereocenters. The molecule has 1 aromatic carbocycles. The lowest BCUT2D eigenvalue weighted by molar-refractivity contribution is -0.139. The van der Waals surface area contributed by atoms with Crippen molar-refractivity contribution >= 4 is 29.5 Å². The number of nitrogens with zero attached hydrogens (tertiary/aromatic N) is 2. The highest BCUT2D eigenvalue weighted by Gasteiger charge is 2.35. The molecule has 2 aliphatic heterocycles. The van der Waals surface area contributed by atoms with Crippen molar-refractivity contribution < 1.29 is 23.5 Å². The van der Waals surface area contributed by atoms with Crippen LogP contribution in [0, 0.1) is 0 Å². The van der Waals surface area contributed by atoms with Gasteiger partial charge in [-0.05, 0) is 36.8 Å². The summed E-state index contributed by atoms with van der Waals surface area (Å²) in [7, 11) is 0. The predicted octanol–water partition coefficient (Wildman–Crippen LogP) is 2.56. The number of urea groups is 1. The van der Waals surface area contributed by atoms with E-state index < -0.39 is 18.0 Å². The lowest BCUT2D eigenvalue weighted by Crippen LogP contribution is -2.52. The summed E-state index contributed by atoms with van der Waals surface area (Å²) in [6, 6.07) is 9.25. The quantitative estimate of drug-likeness (QED) is 0.626. The zero-order chi connectivity index (χ0) is 23.4. The monoisotopic (exact) mass is 472 g/mol. The minimum atomic E-state index is -0.687. The second-order valence-electron chi connectivity index (χ2n) is 7.74. The molecule has 2 aliphatic rings. The Bertz CT molecular complexity index is 1060. The van der Waals surface area contributed by atoms with Crippen LogP contribution >= 0.6 is 11.6 Å². The fraction of sp³-hybridized carbons (Fsp3) is 0.348. The number of piperazine rings is 1. The summed E-state index contributed by atoms with van der Waals surface area (Å²) < 4.78 is 10.5. The maximum atomic E-state index is 12.9. The molecule has 0 spiro atoms. The van der Waals surface area contributed by atoms with Crippen LogP contribution in [0.4, 0.5) is 4.79 Å². The van der Waals surface area contributed by atoms with Gasteiger partial charge in [-0.25, -0.2) is 9.59 Å².